The van der Waals surface area contributed by atoms with E-state index < -0.39 is 11.9 Å². The van der Waals surface area contributed by atoms with Gasteiger partial charge in [0.2, 0.25) is 0 Å². The van der Waals surface area contributed by atoms with Crippen LogP contribution < -0.4 is 10.1 Å². The van der Waals surface area contributed by atoms with Crippen molar-refractivity contribution in [1.82, 2.24) is 10.3 Å². The molecule has 1 amide bonds. The maximum absolute atomic E-state index is 12.3. The van der Waals surface area contributed by atoms with Crippen molar-refractivity contribution >= 4 is 11.9 Å². The lowest BCUT2D eigenvalue weighted by Gasteiger charge is -2.16. The number of nitrogens with zero attached hydrogens (tertiary/aromatic N) is 1. The Morgan fingerprint density at radius 2 is 2.19 bits per heavy atom. The smallest absolute Gasteiger partial charge is 0.335 e. The summed E-state index contributed by atoms with van der Waals surface area (Å²) in [5.41, 5.74) is 1.97. The fourth-order valence-corrected chi connectivity index (χ4v) is 2.85. The second kappa shape index (κ2) is 8.64. The van der Waals surface area contributed by atoms with Gasteiger partial charge >= 0.3 is 5.97 Å². The van der Waals surface area contributed by atoms with E-state index in [1.165, 1.54) is 18.3 Å². The molecule has 2 aromatic rings. The van der Waals surface area contributed by atoms with Crippen LogP contribution in [0, 0.1) is 6.92 Å². The van der Waals surface area contributed by atoms with E-state index >= 15 is 0 Å². The molecule has 7 nitrogen and oxygen atoms in total. The van der Waals surface area contributed by atoms with Crippen molar-refractivity contribution in [3.8, 4) is 5.75 Å². The Hall–Kier alpha value is -2.93. The van der Waals surface area contributed by atoms with E-state index in [9.17, 15) is 9.59 Å². The largest absolute Gasteiger partial charge is 0.491 e. The van der Waals surface area contributed by atoms with E-state index in [0.29, 0.717) is 12.4 Å². The number of benzene rings is 1. The number of pyridine rings is 1. The Balaban J connectivity index is 1.65. The Bertz CT molecular complexity index is 831. The van der Waals surface area contributed by atoms with Gasteiger partial charge in [0.15, 0.2) is 0 Å². The van der Waals surface area contributed by atoms with Gasteiger partial charge in [-0.25, -0.2) is 4.79 Å². The van der Waals surface area contributed by atoms with Gasteiger partial charge in [0.05, 0.1) is 11.7 Å². The zero-order chi connectivity index (χ0) is 19.2. The molecule has 0 spiro atoms. The number of ether oxygens (including phenoxy) is 2. The molecular formula is C20H22N2O5. The summed E-state index contributed by atoms with van der Waals surface area (Å²) in [6.45, 7) is 3.47. The fraction of sp³-hybridized carbons (Fsp3) is 0.350. The topological polar surface area (TPSA) is 97.8 Å². The highest BCUT2D eigenvalue weighted by Crippen LogP contribution is 2.22. The van der Waals surface area contributed by atoms with Crippen LogP contribution in [0.3, 0.4) is 0 Å². The third-order valence-corrected chi connectivity index (χ3v) is 4.35. The van der Waals surface area contributed by atoms with Gasteiger partial charge in [0, 0.05) is 24.9 Å². The third kappa shape index (κ3) is 5.04. The molecule has 27 heavy (non-hydrogen) atoms. The zero-order valence-corrected chi connectivity index (χ0v) is 15.1. The summed E-state index contributed by atoms with van der Waals surface area (Å²) in [5.74, 6) is -0.836. The van der Waals surface area contributed by atoms with Crippen LogP contribution in [0.4, 0.5) is 0 Å². The van der Waals surface area contributed by atoms with Crippen LogP contribution in [0.2, 0.25) is 0 Å². The highest BCUT2D eigenvalue weighted by Gasteiger charge is 2.17. The molecule has 1 atom stereocenters. The Labute approximate surface area is 157 Å². The molecule has 7 heteroatoms. The van der Waals surface area contributed by atoms with E-state index in [-0.39, 0.29) is 23.9 Å². The number of carbonyl (C=O) groups excluding carboxylic acids is 1. The molecule has 0 bridgehead atoms. The number of amides is 1. The van der Waals surface area contributed by atoms with Crippen molar-refractivity contribution in [3.05, 3.63) is 58.9 Å². The lowest BCUT2D eigenvalue weighted by Crippen LogP contribution is -2.25. The first-order chi connectivity index (χ1) is 13.0. The van der Waals surface area contributed by atoms with Crippen molar-refractivity contribution in [3.63, 3.8) is 0 Å². The van der Waals surface area contributed by atoms with E-state index in [0.717, 1.165) is 30.6 Å². The molecule has 3 rings (SSSR count). The first-order valence-corrected chi connectivity index (χ1v) is 8.84. The van der Waals surface area contributed by atoms with Crippen LogP contribution in [0.5, 0.6) is 5.75 Å². The number of aromatic nitrogens is 1. The molecule has 1 aromatic heterocycles. The molecule has 2 N–H and O–H groups in total. The summed E-state index contributed by atoms with van der Waals surface area (Å²) in [5, 5.41) is 11.8. The van der Waals surface area contributed by atoms with Crippen LogP contribution >= 0.6 is 0 Å². The van der Waals surface area contributed by atoms with Gasteiger partial charge < -0.3 is 19.9 Å². The molecule has 0 saturated carbocycles. The van der Waals surface area contributed by atoms with Crippen molar-refractivity contribution in [1.29, 1.82) is 0 Å². The van der Waals surface area contributed by atoms with Crippen LogP contribution in [-0.2, 0) is 11.3 Å². The second-order valence-electron chi connectivity index (χ2n) is 6.47. The van der Waals surface area contributed by atoms with Crippen LogP contribution in [0.25, 0.3) is 0 Å². The monoisotopic (exact) mass is 370 g/mol. The Morgan fingerprint density at radius 3 is 2.93 bits per heavy atom. The highest BCUT2D eigenvalue weighted by atomic mass is 16.5. The van der Waals surface area contributed by atoms with Crippen molar-refractivity contribution in [2.24, 2.45) is 0 Å². The number of carboxylic acid groups (broad SMARTS) is 1. The van der Waals surface area contributed by atoms with E-state index in [1.807, 2.05) is 25.1 Å². The molecule has 1 aromatic carbocycles. The number of rotatable bonds is 7. The van der Waals surface area contributed by atoms with Crippen LogP contribution in [0.1, 0.15) is 44.8 Å². The number of hydrogen-bond acceptors (Lipinski definition) is 5. The predicted molar refractivity (Wildman–Crippen MR) is 98.0 cm³/mol. The Kier molecular flexibility index (Phi) is 6.03. The SMILES string of the molecule is Cc1ccc(CNC(=O)c2cc(C(=O)O)ccn2)c(OCC2CCCO2)c1. The third-order valence-electron chi connectivity index (χ3n) is 4.35. The standard InChI is InChI=1S/C20H22N2O5/c1-13-4-5-15(18(9-13)27-12-16-3-2-8-26-16)11-22-19(23)17-10-14(20(24)25)6-7-21-17/h4-7,9-10,16H,2-3,8,11-12H2,1H3,(H,22,23)(H,24,25). The number of carboxylic acids is 1. The molecule has 1 aliphatic heterocycles. The molecule has 1 fully saturated rings. The van der Waals surface area contributed by atoms with E-state index in [4.69, 9.17) is 14.6 Å². The number of aryl methyl sites for hydroxylation is 1. The maximum atomic E-state index is 12.3. The lowest BCUT2D eigenvalue weighted by atomic mass is 10.1. The summed E-state index contributed by atoms with van der Waals surface area (Å²) in [6, 6.07) is 8.38. The minimum Gasteiger partial charge on any atom is -0.491 e. The molecule has 0 aliphatic carbocycles. The average molecular weight is 370 g/mol. The van der Waals surface area contributed by atoms with Gasteiger partial charge in [-0.15, -0.1) is 0 Å². The van der Waals surface area contributed by atoms with Gasteiger partial charge in [-0.3, -0.25) is 9.78 Å². The van der Waals surface area contributed by atoms with Crippen LogP contribution in [0.15, 0.2) is 36.5 Å². The first-order valence-electron chi connectivity index (χ1n) is 8.84. The number of carbonyl (C=O) groups is 2. The van der Waals surface area contributed by atoms with Gasteiger partial charge in [-0.2, -0.15) is 0 Å². The van der Waals surface area contributed by atoms with Gasteiger partial charge in [0.25, 0.3) is 5.91 Å². The summed E-state index contributed by atoms with van der Waals surface area (Å²) in [4.78, 5) is 27.3. The van der Waals surface area contributed by atoms with Gasteiger partial charge in [-0.05, 0) is 43.5 Å². The summed E-state index contributed by atoms with van der Waals surface area (Å²) >= 11 is 0. The predicted octanol–water partition coefficient (Wildman–Crippen LogP) is 2.58. The molecule has 1 aliphatic rings. The molecular weight excluding hydrogens is 348 g/mol. The molecule has 2 heterocycles. The van der Waals surface area contributed by atoms with Crippen molar-refractivity contribution in [2.45, 2.75) is 32.4 Å². The van der Waals surface area contributed by atoms with Gasteiger partial charge in [0.1, 0.15) is 18.1 Å². The van der Waals surface area contributed by atoms with Crippen molar-refractivity contribution < 1.29 is 24.2 Å². The first kappa shape index (κ1) is 18.8. The van der Waals surface area contributed by atoms with Crippen molar-refractivity contribution in [2.75, 3.05) is 13.2 Å². The normalized spacial score (nSPS) is 16.1. The maximum Gasteiger partial charge on any atom is 0.335 e. The minimum atomic E-state index is -1.10. The summed E-state index contributed by atoms with van der Waals surface area (Å²) in [6.07, 6.45) is 3.45. The lowest BCUT2D eigenvalue weighted by molar-refractivity contribution is 0.0675. The quantitative estimate of drug-likeness (QED) is 0.777. The van der Waals surface area contributed by atoms with Crippen LogP contribution in [-0.4, -0.2) is 41.3 Å². The Morgan fingerprint density at radius 1 is 1.33 bits per heavy atom. The highest BCUT2D eigenvalue weighted by molar-refractivity contribution is 5.95. The molecule has 0 radical (unpaired) electrons. The molecule has 1 saturated heterocycles. The summed E-state index contributed by atoms with van der Waals surface area (Å²) < 4.78 is 11.5. The fourth-order valence-electron chi connectivity index (χ4n) is 2.85. The second-order valence-corrected chi connectivity index (χ2v) is 6.47. The molecule has 142 valence electrons. The number of aromatic carboxylic acids is 1. The van der Waals surface area contributed by atoms with Gasteiger partial charge in [-0.1, -0.05) is 12.1 Å². The van der Waals surface area contributed by atoms with E-state index in [2.05, 4.69) is 10.3 Å². The minimum absolute atomic E-state index is 0.0195. The van der Waals surface area contributed by atoms with E-state index in [1.54, 1.807) is 0 Å². The number of hydrogen-bond donors (Lipinski definition) is 2. The average Bonchev–Trinajstić information content (AvgIpc) is 3.19. The molecule has 1 unspecified atom stereocenters. The summed E-state index contributed by atoms with van der Waals surface area (Å²) in [7, 11) is 0. The number of nitrogens with one attached hydrogen (secondary N) is 1. The zero-order valence-electron chi connectivity index (χ0n) is 15.1.